The van der Waals surface area contributed by atoms with Gasteiger partial charge in [-0.05, 0) is 71.0 Å². The number of ether oxygens (including phenoxy) is 2. The summed E-state index contributed by atoms with van der Waals surface area (Å²) in [6, 6.07) is 11.4. The van der Waals surface area contributed by atoms with Crippen LogP contribution in [0.15, 0.2) is 36.4 Å². The predicted octanol–water partition coefficient (Wildman–Crippen LogP) is 3.73. The summed E-state index contributed by atoms with van der Waals surface area (Å²) in [5.41, 5.74) is 4.91. The molecule has 0 saturated heterocycles. The fourth-order valence-corrected chi connectivity index (χ4v) is 3.53. The van der Waals surface area contributed by atoms with Gasteiger partial charge in [-0.1, -0.05) is 0 Å². The van der Waals surface area contributed by atoms with Gasteiger partial charge in [0, 0.05) is 28.3 Å². The maximum Gasteiger partial charge on any atom is 0.328 e. The maximum absolute atomic E-state index is 12.7. The van der Waals surface area contributed by atoms with Crippen LogP contribution in [0.5, 0.6) is 5.75 Å². The molecule has 0 radical (unpaired) electrons. The first-order valence-corrected chi connectivity index (χ1v) is 9.92. The molecule has 0 aliphatic rings. The molecule has 0 amide bonds. The number of carbonyl (C=O) groups is 2. The van der Waals surface area contributed by atoms with E-state index >= 15 is 0 Å². The van der Waals surface area contributed by atoms with Crippen LogP contribution in [0, 0.1) is 27.7 Å². The lowest BCUT2D eigenvalue weighted by Crippen LogP contribution is -2.20. The maximum atomic E-state index is 12.7. The molecular weight excluding hydrogens is 382 g/mol. The highest BCUT2D eigenvalue weighted by molar-refractivity contribution is 5.99. The standard InChI is InChI=1S/C23H27N3O4/c1-6-29-20-9-7-19(8-10-20)26-17(4)12-21(18(26)5)22(27)14-30-23(28)13-25-16(3)11-15(2)24-25/h7-12H,6,13-14H2,1-5H3. The third kappa shape index (κ3) is 4.62. The number of esters is 1. The zero-order valence-electron chi connectivity index (χ0n) is 18.1. The summed E-state index contributed by atoms with van der Waals surface area (Å²) in [5.74, 6) is 0.0754. The number of carbonyl (C=O) groups excluding carboxylic acids is 2. The van der Waals surface area contributed by atoms with Gasteiger partial charge in [0.25, 0.3) is 0 Å². The van der Waals surface area contributed by atoms with Gasteiger partial charge in [0.15, 0.2) is 6.61 Å². The van der Waals surface area contributed by atoms with E-state index in [9.17, 15) is 9.59 Å². The number of nitrogens with zero attached hydrogens (tertiary/aromatic N) is 3. The molecule has 0 aliphatic heterocycles. The second-order valence-electron chi connectivity index (χ2n) is 7.22. The van der Waals surface area contributed by atoms with Crippen molar-refractivity contribution >= 4 is 11.8 Å². The van der Waals surface area contributed by atoms with Crippen molar-refractivity contribution in [2.24, 2.45) is 0 Å². The summed E-state index contributed by atoms with van der Waals surface area (Å²) in [6.07, 6.45) is 0. The number of hydrogen-bond donors (Lipinski definition) is 0. The van der Waals surface area contributed by atoms with Crippen LogP contribution in [0.2, 0.25) is 0 Å². The molecule has 3 rings (SSSR count). The van der Waals surface area contributed by atoms with Gasteiger partial charge >= 0.3 is 5.97 Å². The van der Waals surface area contributed by atoms with E-state index in [0.29, 0.717) is 12.2 Å². The second-order valence-corrected chi connectivity index (χ2v) is 7.22. The summed E-state index contributed by atoms with van der Waals surface area (Å²) >= 11 is 0. The Bertz CT molecular complexity index is 1060. The molecule has 2 heterocycles. The molecular formula is C23H27N3O4. The van der Waals surface area contributed by atoms with Gasteiger partial charge < -0.3 is 14.0 Å². The molecule has 3 aromatic rings. The Hall–Kier alpha value is -3.35. The van der Waals surface area contributed by atoms with E-state index < -0.39 is 5.97 Å². The Labute approximate surface area is 176 Å². The van der Waals surface area contributed by atoms with Crippen LogP contribution < -0.4 is 4.74 Å². The highest BCUT2D eigenvalue weighted by atomic mass is 16.5. The minimum Gasteiger partial charge on any atom is -0.494 e. The largest absolute Gasteiger partial charge is 0.494 e. The number of rotatable bonds is 8. The van der Waals surface area contributed by atoms with Crippen molar-refractivity contribution in [1.29, 1.82) is 0 Å². The van der Waals surface area contributed by atoms with E-state index in [2.05, 4.69) is 5.10 Å². The zero-order chi connectivity index (χ0) is 21.8. The van der Waals surface area contributed by atoms with Crippen molar-refractivity contribution in [3.05, 3.63) is 64.7 Å². The van der Waals surface area contributed by atoms with Crippen LogP contribution in [-0.4, -0.2) is 39.3 Å². The Balaban J connectivity index is 1.68. The molecule has 0 fully saturated rings. The van der Waals surface area contributed by atoms with Crippen LogP contribution in [0.3, 0.4) is 0 Å². The summed E-state index contributed by atoms with van der Waals surface area (Å²) < 4.78 is 14.3. The van der Waals surface area contributed by atoms with E-state index in [-0.39, 0.29) is 18.9 Å². The van der Waals surface area contributed by atoms with Crippen molar-refractivity contribution in [3.63, 3.8) is 0 Å². The molecule has 0 saturated carbocycles. The van der Waals surface area contributed by atoms with E-state index in [1.54, 1.807) is 4.68 Å². The fraction of sp³-hybridized carbons (Fsp3) is 0.348. The van der Waals surface area contributed by atoms with Gasteiger partial charge in [0.1, 0.15) is 12.3 Å². The topological polar surface area (TPSA) is 75.3 Å². The molecule has 0 unspecified atom stereocenters. The summed E-state index contributed by atoms with van der Waals surface area (Å²) in [4.78, 5) is 24.8. The molecule has 7 nitrogen and oxygen atoms in total. The molecule has 1 aromatic carbocycles. The number of aromatic nitrogens is 3. The van der Waals surface area contributed by atoms with Crippen molar-refractivity contribution in [1.82, 2.24) is 14.3 Å². The first-order valence-electron chi connectivity index (χ1n) is 9.92. The number of Topliss-reactive ketones (excluding diaryl/α,β-unsaturated/α-hetero) is 1. The predicted molar refractivity (Wildman–Crippen MR) is 113 cm³/mol. The molecule has 0 spiro atoms. The molecule has 7 heteroatoms. The Morgan fingerprint density at radius 2 is 1.70 bits per heavy atom. The molecule has 0 atom stereocenters. The van der Waals surface area contributed by atoms with E-state index in [0.717, 1.165) is 34.2 Å². The second kappa shape index (κ2) is 8.98. The lowest BCUT2D eigenvalue weighted by atomic mass is 10.1. The minimum atomic E-state index is -0.491. The third-order valence-corrected chi connectivity index (χ3v) is 4.88. The zero-order valence-corrected chi connectivity index (χ0v) is 18.1. The lowest BCUT2D eigenvalue weighted by Gasteiger charge is -2.11. The van der Waals surface area contributed by atoms with Crippen molar-refractivity contribution in [2.75, 3.05) is 13.2 Å². The van der Waals surface area contributed by atoms with Crippen LogP contribution in [-0.2, 0) is 16.1 Å². The smallest absolute Gasteiger partial charge is 0.328 e. The minimum absolute atomic E-state index is 0.0157. The van der Waals surface area contributed by atoms with Gasteiger partial charge in [-0.15, -0.1) is 0 Å². The Morgan fingerprint density at radius 3 is 2.30 bits per heavy atom. The number of benzene rings is 1. The number of hydrogen-bond acceptors (Lipinski definition) is 5. The SMILES string of the molecule is CCOc1ccc(-n2c(C)cc(C(=O)COC(=O)Cn3nc(C)cc3C)c2C)cc1. The number of ketones is 1. The summed E-state index contributed by atoms with van der Waals surface area (Å²) in [7, 11) is 0. The molecule has 2 aromatic heterocycles. The first kappa shape index (κ1) is 21.4. The quantitative estimate of drug-likeness (QED) is 0.419. The normalized spacial score (nSPS) is 10.8. The van der Waals surface area contributed by atoms with Crippen molar-refractivity contribution in [2.45, 2.75) is 41.2 Å². The van der Waals surface area contributed by atoms with Crippen LogP contribution in [0.25, 0.3) is 5.69 Å². The Morgan fingerprint density at radius 1 is 1.00 bits per heavy atom. The molecule has 0 N–H and O–H groups in total. The van der Waals surface area contributed by atoms with Gasteiger partial charge in [0.2, 0.25) is 5.78 Å². The van der Waals surface area contributed by atoms with E-state index in [1.165, 1.54) is 0 Å². The third-order valence-electron chi connectivity index (χ3n) is 4.88. The summed E-state index contributed by atoms with van der Waals surface area (Å²) in [6.45, 7) is 9.79. The molecule has 0 bridgehead atoms. The lowest BCUT2D eigenvalue weighted by molar-refractivity contribution is -0.143. The van der Waals surface area contributed by atoms with Crippen LogP contribution in [0.1, 0.15) is 40.1 Å². The van der Waals surface area contributed by atoms with Crippen molar-refractivity contribution in [3.8, 4) is 11.4 Å². The van der Waals surface area contributed by atoms with E-state index in [1.807, 2.05) is 75.6 Å². The highest BCUT2D eigenvalue weighted by Crippen LogP contribution is 2.23. The van der Waals surface area contributed by atoms with Gasteiger partial charge in [-0.2, -0.15) is 5.10 Å². The highest BCUT2D eigenvalue weighted by Gasteiger charge is 2.18. The van der Waals surface area contributed by atoms with Gasteiger partial charge in [0.05, 0.1) is 12.3 Å². The average Bonchev–Trinajstić information content (AvgIpc) is 3.18. The summed E-state index contributed by atoms with van der Waals surface area (Å²) in [5, 5.41) is 4.23. The van der Waals surface area contributed by atoms with E-state index in [4.69, 9.17) is 9.47 Å². The molecule has 30 heavy (non-hydrogen) atoms. The fourth-order valence-electron chi connectivity index (χ4n) is 3.53. The molecule has 0 aliphatic carbocycles. The van der Waals surface area contributed by atoms with Crippen molar-refractivity contribution < 1.29 is 19.1 Å². The van der Waals surface area contributed by atoms with Gasteiger partial charge in [-0.3, -0.25) is 14.3 Å². The van der Waals surface area contributed by atoms with Crippen LogP contribution in [0.4, 0.5) is 0 Å². The molecule has 158 valence electrons. The number of aryl methyl sites for hydroxylation is 3. The monoisotopic (exact) mass is 409 g/mol. The van der Waals surface area contributed by atoms with Crippen LogP contribution >= 0.6 is 0 Å². The van der Waals surface area contributed by atoms with Gasteiger partial charge in [-0.25, -0.2) is 0 Å². The Kier molecular flexibility index (Phi) is 6.40. The first-order chi connectivity index (χ1) is 14.3. The average molecular weight is 409 g/mol.